The van der Waals surface area contributed by atoms with Crippen LogP contribution >= 0.6 is 24.0 Å². The van der Waals surface area contributed by atoms with Crippen LogP contribution in [0.5, 0.6) is 0 Å². The van der Waals surface area contributed by atoms with Crippen molar-refractivity contribution in [3.05, 3.63) is 18.0 Å². The van der Waals surface area contributed by atoms with Crippen LogP contribution in [0.25, 0.3) is 0 Å². The zero-order valence-corrected chi connectivity index (χ0v) is 17.2. The summed E-state index contributed by atoms with van der Waals surface area (Å²) in [4.78, 5) is 5.69. The van der Waals surface area contributed by atoms with Crippen molar-refractivity contribution in [3.63, 3.8) is 0 Å². The lowest BCUT2D eigenvalue weighted by atomic mass is 10.3. The van der Waals surface area contributed by atoms with Crippen molar-refractivity contribution in [2.24, 2.45) is 4.99 Å². The number of hydrogen-bond donors (Lipinski definition) is 1. The first-order valence-corrected chi connectivity index (χ1v) is 9.21. The fraction of sp³-hybridized carbons (Fsp3) is 0.692. The van der Waals surface area contributed by atoms with Gasteiger partial charge in [-0.05, 0) is 0 Å². The Morgan fingerprint density at radius 1 is 1.35 bits per heavy atom. The Morgan fingerprint density at radius 2 is 2.00 bits per heavy atom. The van der Waals surface area contributed by atoms with Crippen LogP contribution in [0.3, 0.4) is 0 Å². The Bertz CT molecular complexity index is 674. The highest BCUT2D eigenvalue weighted by molar-refractivity contribution is 14.0. The van der Waals surface area contributed by atoms with E-state index in [1.807, 2.05) is 0 Å². The standard InChI is InChI=1S/C13H20F3N5O3S.HI/c1-17-12(18-4-3-13(14,15)16)20-5-7-21(8-6-20)25(22,23)10-11-2-9-24-19-11;/h2,9H,3-8,10H2,1H3,(H,17,18);1H. The average molecular weight is 511 g/mol. The van der Waals surface area contributed by atoms with Gasteiger partial charge >= 0.3 is 6.18 Å². The second-order valence-electron chi connectivity index (χ2n) is 5.47. The Morgan fingerprint density at radius 3 is 2.50 bits per heavy atom. The smallest absolute Gasteiger partial charge is 0.364 e. The van der Waals surface area contributed by atoms with Gasteiger partial charge in [0.1, 0.15) is 12.0 Å². The number of alkyl halides is 3. The maximum atomic E-state index is 12.3. The minimum Gasteiger partial charge on any atom is -0.364 e. The highest BCUT2D eigenvalue weighted by Gasteiger charge is 2.30. The van der Waals surface area contributed by atoms with E-state index in [4.69, 9.17) is 0 Å². The van der Waals surface area contributed by atoms with E-state index in [-0.39, 0.29) is 49.4 Å². The van der Waals surface area contributed by atoms with Crippen LogP contribution in [0.4, 0.5) is 13.2 Å². The molecule has 0 radical (unpaired) electrons. The molecule has 2 rings (SSSR count). The Hall–Kier alpha value is -1.09. The Labute approximate surface area is 166 Å². The van der Waals surface area contributed by atoms with Gasteiger partial charge in [0.05, 0.1) is 12.1 Å². The van der Waals surface area contributed by atoms with Crippen LogP contribution in [0.1, 0.15) is 12.1 Å². The highest BCUT2D eigenvalue weighted by atomic mass is 127. The van der Waals surface area contributed by atoms with E-state index < -0.39 is 22.6 Å². The zero-order chi connectivity index (χ0) is 18.5. The molecule has 1 aliphatic heterocycles. The SMILES string of the molecule is CN=C(NCCC(F)(F)F)N1CCN(S(=O)(=O)Cc2ccon2)CC1.I. The molecule has 1 aromatic rings. The van der Waals surface area contributed by atoms with Gasteiger partial charge in [0.25, 0.3) is 0 Å². The zero-order valence-electron chi connectivity index (χ0n) is 14.1. The van der Waals surface area contributed by atoms with E-state index in [0.29, 0.717) is 24.7 Å². The van der Waals surface area contributed by atoms with Crippen LogP contribution < -0.4 is 5.32 Å². The molecule has 26 heavy (non-hydrogen) atoms. The third-order valence-corrected chi connectivity index (χ3v) is 5.47. The van der Waals surface area contributed by atoms with Crippen LogP contribution in [0.15, 0.2) is 21.8 Å². The van der Waals surface area contributed by atoms with Crippen molar-refractivity contribution in [2.75, 3.05) is 39.8 Å². The summed E-state index contributed by atoms with van der Waals surface area (Å²) in [6.07, 6.45) is -3.89. The molecule has 0 saturated carbocycles. The predicted octanol–water partition coefficient (Wildman–Crippen LogP) is 1.27. The number of aromatic nitrogens is 1. The summed E-state index contributed by atoms with van der Waals surface area (Å²) in [6.45, 7) is 0.842. The lowest BCUT2D eigenvalue weighted by Crippen LogP contribution is -2.54. The fourth-order valence-corrected chi connectivity index (χ4v) is 3.84. The summed E-state index contributed by atoms with van der Waals surface area (Å²) in [5.74, 6) is 0.0833. The molecule has 1 aliphatic rings. The molecule has 0 unspecified atom stereocenters. The largest absolute Gasteiger partial charge is 0.390 e. The maximum absolute atomic E-state index is 12.3. The lowest BCUT2D eigenvalue weighted by molar-refractivity contribution is -0.132. The normalized spacial score (nSPS) is 17.1. The summed E-state index contributed by atoms with van der Waals surface area (Å²) in [5.41, 5.74) is 0.326. The van der Waals surface area contributed by atoms with Crippen molar-refractivity contribution in [2.45, 2.75) is 18.3 Å². The van der Waals surface area contributed by atoms with E-state index in [1.165, 1.54) is 23.7 Å². The van der Waals surface area contributed by atoms with E-state index in [9.17, 15) is 21.6 Å². The molecule has 0 aromatic carbocycles. The fourth-order valence-electron chi connectivity index (χ4n) is 2.42. The molecule has 2 heterocycles. The van der Waals surface area contributed by atoms with Gasteiger partial charge in [0.2, 0.25) is 10.0 Å². The number of rotatable bonds is 5. The molecule has 1 saturated heterocycles. The van der Waals surface area contributed by atoms with Crippen molar-refractivity contribution in [1.82, 2.24) is 19.7 Å². The van der Waals surface area contributed by atoms with Crippen LogP contribution in [0, 0.1) is 0 Å². The van der Waals surface area contributed by atoms with Gasteiger partial charge in [-0.1, -0.05) is 5.16 Å². The maximum Gasteiger partial charge on any atom is 0.390 e. The number of piperazine rings is 1. The second-order valence-corrected chi connectivity index (χ2v) is 7.44. The summed E-state index contributed by atoms with van der Waals surface area (Å²) in [7, 11) is -2.05. The third kappa shape index (κ3) is 6.90. The minimum absolute atomic E-state index is 0. The second kappa shape index (κ2) is 9.73. The topological polar surface area (TPSA) is 91.0 Å². The monoisotopic (exact) mass is 511 g/mol. The quantitative estimate of drug-likeness (QED) is 0.364. The number of nitrogens with one attached hydrogen (secondary N) is 1. The van der Waals surface area contributed by atoms with E-state index in [2.05, 4.69) is 20.0 Å². The van der Waals surface area contributed by atoms with Gasteiger partial charge in [-0.25, -0.2) is 8.42 Å². The number of nitrogens with zero attached hydrogens (tertiary/aromatic N) is 4. The van der Waals surface area contributed by atoms with Gasteiger partial charge in [0.15, 0.2) is 5.96 Å². The first kappa shape index (κ1) is 23.0. The number of aliphatic imine (C=N–C) groups is 1. The summed E-state index contributed by atoms with van der Waals surface area (Å²) in [5, 5.41) is 6.25. The van der Waals surface area contributed by atoms with Gasteiger partial charge in [-0.3, -0.25) is 4.99 Å². The van der Waals surface area contributed by atoms with E-state index >= 15 is 0 Å². The number of sulfonamides is 1. The molecule has 1 fully saturated rings. The molecule has 0 amide bonds. The molecular formula is C13H21F3IN5O3S. The van der Waals surface area contributed by atoms with Crippen LogP contribution in [0.2, 0.25) is 0 Å². The first-order valence-electron chi connectivity index (χ1n) is 7.61. The van der Waals surface area contributed by atoms with E-state index in [0.717, 1.165) is 0 Å². The third-order valence-electron chi connectivity index (χ3n) is 3.66. The predicted molar refractivity (Wildman–Crippen MR) is 99.7 cm³/mol. The molecule has 8 nitrogen and oxygen atoms in total. The lowest BCUT2D eigenvalue weighted by Gasteiger charge is -2.35. The first-order chi connectivity index (χ1) is 11.7. The molecule has 13 heteroatoms. The molecule has 1 aromatic heterocycles. The summed E-state index contributed by atoms with van der Waals surface area (Å²) >= 11 is 0. The van der Waals surface area contributed by atoms with Crippen molar-refractivity contribution < 1.29 is 26.1 Å². The van der Waals surface area contributed by atoms with Gasteiger partial charge in [-0.2, -0.15) is 17.5 Å². The number of halogens is 4. The van der Waals surface area contributed by atoms with Crippen molar-refractivity contribution in [1.29, 1.82) is 0 Å². The van der Waals surface area contributed by atoms with Crippen molar-refractivity contribution >= 4 is 40.0 Å². The highest BCUT2D eigenvalue weighted by Crippen LogP contribution is 2.18. The molecular weight excluding hydrogens is 490 g/mol. The van der Waals surface area contributed by atoms with Crippen molar-refractivity contribution in [3.8, 4) is 0 Å². The van der Waals surface area contributed by atoms with Crippen LogP contribution in [-0.2, 0) is 15.8 Å². The minimum atomic E-state index is -4.24. The Kier molecular flexibility index (Phi) is 8.59. The molecule has 1 N–H and O–H groups in total. The summed E-state index contributed by atoms with van der Waals surface area (Å²) < 4.78 is 67.3. The van der Waals surface area contributed by atoms with Gasteiger partial charge < -0.3 is 14.7 Å². The number of hydrogen-bond acceptors (Lipinski definition) is 5. The van der Waals surface area contributed by atoms with Gasteiger partial charge in [-0.15, -0.1) is 24.0 Å². The summed E-state index contributed by atoms with van der Waals surface area (Å²) in [6, 6.07) is 1.49. The van der Waals surface area contributed by atoms with Gasteiger partial charge in [0, 0.05) is 45.8 Å². The Balaban J connectivity index is 0.00000338. The number of guanidine groups is 1. The molecule has 150 valence electrons. The molecule has 0 aliphatic carbocycles. The van der Waals surface area contributed by atoms with Crippen LogP contribution in [-0.4, -0.2) is 74.7 Å². The average Bonchev–Trinajstić information content (AvgIpc) is 3.03. The molecule has 0 bridgehead atoms. The molecule has 0 atom stereocenters. The van der Waals surface area contributed by atoms with E-state index in [1.54, 1.807) is 4.90 Å². The molecule has 0 spiro atoms.